The Hall–Kier alpha value is -1.89. The molecule has 3 atom stereocenters. The lowest BCUT2D eigenvalue weighted by Gasteiger charge is -2.39. The van der Waals surface area contributed by atoms with E-state index in [4.69, 9.17) is 4.74 Å². The standard InChI is InChI=1S/C25H45N3O4/c1-16(2)20(15-18(5)24(31)32-17(3)4)28(10)23(30)21(25(6,7)8)26-22(29)19-13-11-12-14-27(19)9/h15-17,19-21H,11-14H2,1-10H3,(H,26,29)/t19-,20-,21-/m1/s1. The Kier molecular flexibility index (Phi) is 10.4. The van der Waals surface area contributed by atoms with Crippen molar-refractivity contribution in [2.24, 2.45) is 11.3 Å². The first-order valence-electron chi connectivity index (χ1n) is 11.8. The molecule has 184 valence electrons. The van der Waals surface area contributed by atoms with Crippen LogP contribution in [0.3, 0.4) is 0 Å². The lowest BCUT2D eigenvalue weighted by atomic mass is 9.84. The fourth-order valence-corrected chi connectivity index (χ4v) is 4.03. The summed E-state index contributed by atoms with van der Waals surface area (Å²) < 4.78 is 5.29. The van der Waals surface area contributed by atoms with Crippen molar-refractivity contribution in [3.05, 3.63) is 11.6 Å². The van der Waals surface area contributed by atoms with Crippen LogP contribution in [0.5, 0.6) is 0 Å². The summed E-state index contributed by atoms with van der Waals surface area (Å²) >= 11 is 0. The highest BCUT2D eigenvalue weighted by Crippen LogP contribution is 2.25. The first-order valence-corrected chi connectivity index (χ1v) is 11.8. The number of ether oxygens (including phenoxy) is 1. The van der Waals surface area contributed by atoms with Gasteiger partial charge in [-0.25, -0.2) is 4.79 Å². The lowest BCUT2D eigenvalue weighted by Crippen LogP contribution is -2.59. The number of likely N-dealkylation sites (tertiary alicyclic amines) is 1. The fraction of sp³-hybridized carbons (Fsp3) is 0.800. The third-order valence-corrected chi connectivity index (χ3v) is 6.04. The molecule has 0 aromatic rings. The van der Waals surface area contributed by atoms with E-state index in [1.54, 1.807) is 38.8 Å². The minimum atomic E-state index is -0.673. The summed E-state index contributed by atoms with van der Waals surface area (Å²) in [6.07, 6.45) is 4.50. The molecule has 0 spiro atoms. The van der Waals surface area contributed by atoms with Gasteiger partial charge in [0.25, 0.3) is 0 Å². The number of hydrogen-bond donors (Lipinski definition) is 1. The molecular weight excluding hydrogens is 406 g/mol. The minimum absolute atomic E-state index is 0.0755. The zero-order chi connectivity index (χ0) is 24.8. The number of rotatable bonds is 8. The quantitative estimate of drug-likeness (QED) is 0.452. The van der Waals surface area contributed by atoms with Gasteiger partial charge >= 0.3 is 5.97 Å². The van der Waals surface area contributed by atoms with Gasteiger partial charge in [-0.3, -0.25) is 14.5 Å². The van der Waals surface area contributed by atoms with Crippen LogP contribution in [0.15, 0.2) is 11.6 Å². The van der Waals surface area contributed by atoms with Crippen molar-refractivity contribution in [3.8, 4) is 0 Å². The maximum Gasteiger partial charge on any atom is 0.333 e. The molecule has 0 aromatic carbocycles. The molecule has 0 radical (unpaired) electrons. The minimum Gasteiger partial charge on any atom is -0.460 e. The summed E-state index contributed by atoms with van der Waals surface area (Å²) in [5, 5.41) is 3.05. The molecule has 0 unspecified atom stereocenters. The molecule has 1 fully saturated rings. The number of carbonyl (C=O) groups is 3. The van der Waals surface area contributed by atoms with Gasteiger partial charge in [0.15, 0.2) is 0 Å². The summed E-state index contributed by atoms with van der Waals surface area (Å²) in [6.45, 7) is 16.1. The van der Waals surface area contributed by atoms with E-state index in [9.17, 15) is 14.4 Å². The predicted molar refractivity (Wildman–Crippen MR) is 128 cm³/mol. The Morgan fingerprint density at radius 1 is 1.12 bits per heavy atom. The van der Waals surface area contributed by atoms with E-state index in [0.717, 1.165) is 25.8 Å². The van der Waals surface area contributed by atoms with Crippen LogP contribution in [-0.2, 0) is 19.1 Å². The van der Waals surface area contributed by atoms with Crippen LogP contribution in [0.4, 0.5) is 0 Å². The Bertz CT molecular complexity index is 694. The number of nitrogens with zero attached hydrogens (tertiary/aromatic N) is 2. The molecule has 2 amide bonds. The van der Waals surface area contributed by atoms with Crippen LogP contribution in [0.1, 0.15) is 74.7 Å². The summed E-state index contributed by atoms with van der Waals surface area (Å²) in [5.74, 6) is -0.564. The number of hydrogen-bond acceptors (Lipinski definition) is 5. The normalized spacial score (nSPS) is 20.1. The predicted octanol–water partition coefficient (Wildman–Crippen LogP) is 3.38. The Labute approximate surface area is 194 Å². The van der Waals surface area contributed by atoms with Crippen molar-refractivity contribution in [3.63, 3.8) is 0 Å². The molecule has 1 saturated heterocycles. The van der Waals surface area contributed by atoms with Gasteiger partial charge in [-0.2, -0.15) is 0 Å². The Morgan fingerprint density at radius 3 is 2.19 bits per heavy atom. The van der Waals surface area contributed by atoms with Gasteiger partial charge in [-0.05, 0) is 58.5 Å². The van der Waals surface area contributed by atoms with Crippen LogP contribution in [0.2, 0.25) is 0 Å². The first-order chi connectivity index (χ1) is 14.7. The summed E-state index contributed by atoms with van der Waals surface area (Å²) in [4.78, 5) is 42.7. The van der Waals surface area contributed by atoms with Gasteiger partial charge in [0.2, 0.25) is 11.8 Å². The Balaban J connectivity index is 3.11. The smallest absolute Gasteiger partial charge is 0.333 e. The second kappa shape index (κ2) is 11.8. The molecule has 0 aromatic heterocycles. The summed E-state index contributed by atoms with van der Waals surface area (Å²) in [5.41, 5.74) is 0.00249. The van der Waals surface area contributed by atoms with Crippen LogP contribution < -0.4 is 5.32 Å². The SMILES string of the molecule is CC(=C[C@H](C(C)C)N(C)C(=O)[C@@H](NC(=O)[C@H]1CCCCN1C)C(C)(C)C)C(=O)OC(C)C. The molecule has 1 rings (SSSR count). The molecule has 32 heavy (non-hydrogen) atoms. The molecule has 0 bridgehead atoms. The van der Waals surface area contributed by atoms with Crippen LogP contribution in [0, 0.1) is 11.3 Å². The number of amides is 2. The van der Waals surface area contributed by atoms with Gasteiger partial charge in [-0.1, -0.05) is 47.1 Å². The second-order valence-corrected chi connectivity index (χ2v) is 10.8. The summed E-state index contributed by atoms with van der Waals surface area (Å²) in [6, 6.07) is -1.19. The number of esters is 1. The van der Waals surface area contributed by atoms with Crippen molar-refractivity contribution in [2.75, 3.05) is 20.6 Å². The first kappa shape index (κ1) is 28.1. The largest absolute Gasteiger partial charge is 0.460 e. The van der Waals surface area contributed by atoms with Crippen molar-refractivity contribution < 1.29 is 19.1 Å². The van der Waals surface area contributed by atoms with Crippen molar-refractivity contribution in [1.82, 2.24) is 15.1 Å². The zero-order valence-corrected chi connectivity index (χ0v) is 21.8. The molecule has 1 heterocycles. The van der Waals surface area contributed by atoms with E-state index < -0.39 is 11.5 Å². The van der Waals surface area contributed by atoms with Crippen LogP contribution >= 0.6 is 0 Å². The maximum absolute atomic E-state index is 13.6. The number of piperidine rings is 1. The number of nitrogens with one attached hydrogen (secondary N) is 1. The monoisotopic (exact) mass is 451 g/mol. The van der Waals surface area contributed by atoms with Gasteiger partial charge in [0.05, 0.1) is 18.2 Å². The van der Waals surface area contributed by atoms with Gasteiger partial charge < -0.3 is 15.0 Å². The Morgan fingerprint density at radius 2 is 1.72 bits per heavy atom. The lowest BCUT2D eigenvalue weighted by molar-refractivity contribution is -0.143. The van der Waals surface area contributed by atoms with Gasteiger partial charge in [0, 0.05) is 12.6 Å². The second-order valence-electron chi connectivity index (χ2n) is 10.8. The highest BCUT2D eigenvalue weighted by atomic mass is 16.5. The molecule has 0 aliphatic carbocycles. The number of likely N-dealkylation sites (N-methyl/N-ethyl adjacent to an activating group) is 2. The van der Waals surface area contributed by atoms with Crippen molar-refractivity contribution in [2.45, 2.75) is 98.9 Å². The molecule has 7 nitrogen and oxygen atoms in total. The molecule has 1 aliphatic rings. The molecule has 7 heteroatoms. The third kappa shape index (κ3) is 7.91. The molecule has 1 aliphatic heterocycles. The van der Waals surface area contributed by atoms with E-state index in [0.29, 0.717) is 5.57 Å². The van der Waals surface area contributed by atoms with Crippen molar-refractivity contribution in [1.29, 1.82) is 0 Å². The van der Waals surface area contributed by atoms with Gasteiger partial charge in [-0.15, -0.1) is 0 Å². The van der Waals surface area contributed by atoms with E-state index in [-0.39, 0.29) is 41.9 Å². The van der Waals surface area contributed by atoms with Crippen LogP contribution in [0.25, 0.3) is 0 Å². The fourth-order valence-electron chi connectivity index (χ4n) is 4.03. The molecule has 1 N–H and O–H groups in total. The van der Waals surface area contributed by atoms with E-state index >= 15 is 0 Å². The summed E-state index contributed by atoms with van der Waals surface area (Å²) in [7, 11) is 3.70. The highest BCUT2D eigenvalue weighted by Gasteiger charge is 2.39. The maximum atomic E-state index is 13.6. The van der Waals surface area contributed by atoms with Gasteiger partial charge in [0.1, 0.15) is 6.04 Å². The average Bonchev–Trinajstić information content (AvgIpc) is 2.67. The number of carbonyl (C=O) groups excluding carboxylic acids is 3. The van der Waals surface area contributed by atoms with Crippen molar-refractivity contribution >= 4 is 17.8 Å². The highest BCUT2D eigenvalue weighted by molar-refractivity contribution is 5.91. The van der Waals surface area contributed by atoms with E-state index in [1.807, 2.05) is 41.7 Å². The third-order valence-electron chi connectivity index (χ3n) is 6.04. The zero-order valence-electron chi connectivity index (χ0n) is 21.8. The molecule has 0 saturated carbocycles. The average molecular weight is 452 g/mol. The topological polar surface area (TPSA) is 79.0 Å². The molecular formula is C25H45N3O4. The van der Waals surface area contributed by atoms with E-state index in [1.165, 1.54) is 0 Å². The van der Waals surface area contributed by atoms with Crippen LogP contribution in [-0.4, -0.2) is 72.5 Å². The van der Waals surface area contributed by atoms with E-state index in [2.05, 4.69) is 10.2 Å².